The first-order chi connectivity index (χ1) is 13.0. The topological polar surface area (TPSA) is 110 Å². The lowest BCUT2D eigenvalue weighted by Gasteiger charge is -2.20. The van der Waals surface area contributed by atoms with E-state index in [1.807, 2.05) is 30.1 Å². The maximum Gasteiger partial charge on any atom is 0.248 e. The zero-order valence-electron chi connectivity index (χ0n) is 15.1. The largest absolute Gasteiger partial charge is 0.390 e. The molecule has 3 N–H and O–H groups in total. The number of carbonyl (C=O) groups is 1. The van der Waals surface area contributed by atoms with Crippen molar-refractivity contribution in [2.24, 2.45) is 5.73 Å². The Kier molecular flexibility index (Phi) is 5.90. The van der Waals surface area contributed by atoms with E-state index < -0.39 is 12.0 Å². The van der Waals surface area contributed by atoms with Crippen LogP contribution in [0, 0.1) is 0 Å². The van der Waals surface area contributed by atoms with E-state index in [9.17, 15) is 9.90 Å². The van der Waals surface area contributed by atoms with Gasteiger partial charge in [-0.2, -0.15) is 4.80 Å². The number of nitrogens with two attached hydrogens (primary N) is 1. The number of hydrogen-bond donors (Lipinski definition) is 2. The predicted molar refractivity (Wildman–Crippen MR) is 101 cm³/mol. The van der Waals surface area contributed by atoms with Gasteiger partial charge in [0.1, 0.15) is 0 Å². The fourth-order valence-electron chi connectivity index (χ4n) is 2.79. The number of likely N-dealkylation sites (N-methyl/N-ethyl adjacent to an activating group) is 1. The fourth-order valence-corrected chi connectivity index (χ4v) is 2.79. The Labute approximate surface area is 157 Å². The smallest absolute Gasteiger partial charge is 0.248 e. The molecule has 1 aromatic heterocycles. The van der Waals surface area contributed by atoms with E-state index in [1.165, 1.54) is 10.4 Å². The van der Waals surface area contributed by atoms with Crippen LogP contribution in [-0.4, -0.2) is 55.8 Å². The number of carbonyl (C=O) groups excluding carboxylic acids is 1. The number of rotatable bonds is 8. The monoisotopic (exact) mass is 366 g/mol. The summed E-state index contributed by atoms with van der Waals surface area (Å²) in [6.07, 6.45) is -0.627. The highest BCUT2D eigenvalue weighted by Crippen LogP contribution is 2.14. The van der Waals surface area contributed by atoms with Crippen LogP contribution in [0.3, 0.4) is 0 Å². The van der Waals surface area contributed by atoms with E-state index in [4.69, 9.17) is 5.73 Å². The van der Waals surface area contributed by atoms with Crippen molar-refractivity contribution in [2.45, 2.75) is 19.2 Å². The zero-order chi connectivity index (χ0) is 19.2. The minimum atomic E-state index is -0.627. The molecule has 0 fully saturated rings. The molecule has 0 saturated heterocycles. The number of tetrazole rings is 1. The van der Waals surface area contributed by atoms with Crippen molar-refractivity contribution in [3.05, 3.63) is 65.7 Å². The number of hydrogen-bond acceptors (Lipinski definition) is 6. The van der Waals surface area contributed by atoms with Crippen molar-refractivity contribution in [2.75, 3.05) is 13.6 Å². The molecule has 0 aliphatic carbocycles. The zero-order valence-corrected chi connectivity index (χ0v) is 15.1. The van der Waals surface area contributed by atoms with Gasteiger partial charge >= 0.3 is 0 Å². The number of primary amides is 1. The minimum absolute atomic E-state index is 0.242. The molecule has 27 heavy (non-hydrogen) atoms. The molecular weight excluding hydrogens is 344 g/mol. The Morgan fingerprint density at radius 3 is 2.56 bits per heavy atom. The van der Waals surface area contributed by atoms with E-state index >= 15 is 0 Å². The van der Waals surface area contributed by atoms with Gasteiger partial charge in [0.15, 0.2) is 0 Å². The third-order valence-corrected chi connectivity index (χ3v) is 4.07. The van der Waals surface area contributed by atoms with E-state index in [0.29, 0.717) is 17.9 Å². The Bertz CT molecular complexity index is 879. The molecule has 1 amide bonds. The van der Waals surface area contributed by atoms with Gasteiger partial charge in [0.2, 0.25) is 11.7 Å². The van der Waals surface area contributed by atoms with Gasteiger partial charge in [-0.1, -0.05) is 42.5 Å². The summed E-state index contributed by atoms with van der Waals surface area (Å²) >= 11 is 0. The molecule has 140 valence electrons. The van der Waals surface area contributed by atoms with Crippen molar-refractivity contribution >= 4 is 5.91 Å². The third-order valence-electron chi connectivity index (χ3n) is 4.07. The van der Waals surface area contributed by atoms with Gasteiger partial charge in [-0.15, -0.1) is 10.2 Å². The molecular formula is C19H22N6O2. The van der Waals surface area contributed by atoms with Gasteiger partial charge in [-0.3, -0.25) is 9.69 Å². The van der Waals surface area contributed by atoms with Crippen LogP contribution in [0.1, 0.15) is 15.9 Å². The second kappa shape index (κ2) is 8.52. The van der Waals surface area contributed by atoms with Gasteiger partial charge in [-0.05, 0) is 30.0 Å². The van der Waals surface area contributed by atoms with Gasteiger partial charge in [0.05, 0.1) is 12.6 Å². The molecule has 0 spiro atoms. The number of nitrogens with zero attached hydrogens (tertiary/aromatic N) is 5. The normalized spacial score (nSPS) is 12.3. The van der Waals surface area contributed by atoms with Gasteiger partial charge in [0, 0.05) is 24.2 Å². The second-order valence-electron chi connectivity index (χ2n) is 6.45. The van der Waals surface area contributed by atoms with Crippen molar-refractivity contribution in [3.8, 4) is 11.4 Å². The first kappa shape index (κ1) is 18.7. The SMILES string of the molecule is CN(Cc1ccccc1)C[C@H](O)Cn1nnc(-c2ccc(C(N)=O)cc2)n1. The first-order valence-corrected chi connectivity index (χ1v) is 8.60. The van der Waals surface area contributed by atoms with Crippen molar-refractivity contribution < 1.29 is 9.90 Å². The molecule has 2 aromatic carbocycles. The summed E-state index contributed by atoms with van der Waals surface area (Å²) < 4.78 is 0. The van der Waals surface area contributed by atoms with Crippen molar-refractivity contribution in [3.63, 3.8) is 0 Å². The van der Waals surface area contributed by atoms with Crippen LogP contribution in [0.5, 0.6) is 0 Å². The van der Waals surface area contributed by atoms with E-state index in [-0.39, 0.29) is 6.54 Å². The summed E-state index contributed by atoms with van der Waals surface area (Å²) in [5, 5.41) is 22.6. The molecule has 0 saturated carbocycles. The van der Waals surface area contributed by atoms with Crippen LogP contribution >= 0.6 is 0 Å². The van der Waals surface area contributed by atoms with E-state index in [1.54, 1.807) is 24.3 Å². The molecule has 0 unspecified atom stereocenters. The quantitative estimate of drug-likeness (QED) is 0.614. The highest BCUT2D eigenvalue weighted by molar-refractivity contribution is 5.93. The summed E-state index contributed by atoms with van der Waals surface area (Å²) in [7, 11) is 1.96. The maximum atomic E-state index is 11.1. The van der Waals surface area contributed by atoms with Gasteiger partial charge in [0.25, 0.3) is 0 Å². The van der Waals surface area contributed by atoms with Crippen LogP contribution in [0.25, 0.3) is 11.4 Å². The number of benzene rings is 2. The Morgan fingerprint density at radius 1 is 1.19 bits per heavy atom. The third kappa shape index (κ3) is 5.19. The summed E-state index contributed by atoms with van der Waals surface area (Å²) in [5.74, 6) is -0.0585. The molecule has 0 bridgehead atoms. The average molecular weight is 366 g/mol. The number of aliphatic hydroxyl groups is 1. The van der Waals surface area contributed by atoms with E-state index in [2.05, 4.69) is 27.5 Å². The molecule has 1 atom stereocenters. The molecule has 0 radical (unpaired) electrons. The maximum absolute atomic E-state index is 11.1. The van der Waals surface area contributed by atoms with Crippen LogP contribution in [0.15, 0.2) is 54.6 Å². The Morgan fingerprint density at radius 2 is 1.89 bits per heavy atom. The molecule has 3 rings (SSSR count). The minimum Gasteiger partial charge on any atom is -0.390 e. The Hall–Kier alpha value is -3.10. The number of aromatic nitrogens is 4. The molecule has 1 heterocycles. The lowest BCUT2D eigenvalue weighted by molar-refractivity contribution is 0.0987. The number of aliphatic hydroxyl groups excluding tert-OH is 1. The average Bonchev–Trinajstić information content (AvgIpc) is 3.10. The van der Waals surface area contributed by atoms with Crippen molar-refractivity contribution in [1.82, 2.24) is 25.1 Å². The van der Waals surface area contributed by atoms with Gasteiger partial charge in [-0.25, -0.2) is 0 Å². The molecule has 8 nitrogen and oxygen atoms in total. The van der Waals surface area contributed by atoms with Crippen LogP contribution in [0.4, 0.5) is 0 Å². The molecule has 8 heteroatoms. The lowest BCUT2D eigenvalue weighted by atomic mass is 10.1. The summed E-state index contributed by atoms with van der Waals surface area (Å²) in [4.78, 5) is 14.5. The van der Waals surface area contributed by atoms with Crippen LogP contribution < -0.4 is 5.73 Å². The summed E-state index contributed by atoms with van der Waals surface area (Å²) in [6, 6.07) is 16.7. The summed E-state index contributed by atoms with van der Waals surface area (Å²) in [6.45, 7) is 1.48. The molecule has 0 aliphatic heterocycles. The van der Waals surface area contributed by atoms with Crippen molar-refractivity contribution in [1.29, 1.82) is 0 Å². The van der Waals surface area contributed by atoms with Crippen LogP contribution in [-0.2, 0) is 13.1 Å². The first-order valence-electron chi connectivity index (χ1n) is 8.60. The van der Waals surface area contributed by atoms with E-state index in [0.717, 1.165) is 12.1 Å². The van der Waals surface area contributed by atoms with Gasteiger partial charge < -0.3 is 10.8 Å². The predicted octanol–water partition coefficient (Wildman–Crippen LogP) is 0.932. The highest BCUT2D eigenvalue weighted by Gasteiger charge is 2.13. The molecule has 3 aromatic rings. The summed E-state index contributed by atoms with van der Waals surface area (Å²) in [5.41, 5.74) is 7.56. The van der Waals surface area contributed by atoms with Crippen LogP contribution in [0.2, 0.25) is 0 Å². The standard InChI is InChI=1S/C19H22N6O2/c1-24(11-14-5-3-2-4-6-14)12-17(26)13-25-22-19(21-23-25)16-9-7-15(8-10-16)18(20)27/h2-10,17,26H,11-13H2,1H3,(H2,20,27)/t17-/m0/s1. The fraction of sp³-hybridized carbons (Fsp3) is 0.263. The second-order valence-corrected chi connectivity index (χ2v) is 6.45. The highest BCUT2D eigenvalue weighted by atomic mass is 16.3. The Balaban J connectivity index is 1.55. The number of amides is 1. The molecule has 0 aliphatic rings. The lowest BCUT2D eigenvalue weighted by Crippen LogP contribution is -2.32.